The van der Waals surface area contributed by atoms with Gasteiger partial charge in [0.2, 0.25) is 9.04 Å². The summed E-state index contributed by atoms with van der Waals surface area (Å²) in [5.74, 6) is -2.38. The van der Waals surface area contributed by atoms with Crippen molar-refractivity contribution < 1.29 is 27.5 Å². The Bertz CT molecular complexity index is 571. The molecule has 1 unspecified atom stereocenters. The van der Waals surface area contributed by atoms with Crippen LogP contribution in [-0.4, -0.2) is 39.6 Å². The molecule has 0 amide bonds. The van der Waals surface area contributed by atoms with Gasteiger partial charge in [-0.2, -0.15) is 0 Å². The summed E-state index contributed by atoms with van der Waals surface area (Å²) in [5, 5.41) is 0. The van der Waals surface area contributed by atoms with Crippen LogP contribution >= 0.6 is 11.8 Å². The van der Waals surface area contributed by atoms with E-state index in [0.717, 1.165) is 12.9 Å². The van der Waals surface area contributed by atoms with Gasteiger partial charge in [-0.1, -0.05) is 20.8 Å². The molecule has 1 atom stereocenters. The van der Waals surface area contributed by atoms with Crippen LogP contribution in [0.15, 0.2) is 10.7 Å². The van der Waals surface area contributed by atoms with E-state index in [2.05, 4.69) is 38.6 Å². The Morgan fingerprint density at radius 3 is 2.41 bits per heavy atom. The average molecular weight is 423 g/mol. The Balaban J connectivity index is 2.62. The topological polar surface area (TPSA) is 52.6 Å². The zero-order chi connectivity index (χ0) is 20.8. The van der Waals surface area contributed by atoms with Crippen LogP contribution in [0.5, 0.6) is 0 Å². The van der Waals surface area contributed by atoms with Gasteiger partial charge in [-0.25, -0.2) is 8.78 Å². The lowest BCUT2D eigenvalue weighted by Gasteiger charge is -2.30. The fourth-order valence-electron chi connectivity index (χ4n) is 2.94. The Labute approximate surface area is 167 Å². The van der Waals surface area contributed by atoms with E-state index in [-0.39, 0.29) is 30.0 Å². The van der Waals surface area contributed by atoms with Gasteiger partial charge in [0.25, 0.3) is 5.92 Å². The van der Waals surface area contributed by atoms with E-state index in [9.17, 15) is 18.4 Å². The van der Waals surface area contributed by atoms with Crippen molar-refractivity contribution in [3.63, 3.8) is 0 Å². The van der Waals surface area contributed by atoms with Crippen LogP contribution in [0, 0.1) is 11.3 Å². The van der Waals surface area contributed by atoms with Crippen molar-refractivity contribution >= 4 is 32.6 Å². The van der Waals surface area contributed by atoms with Crippen LogP contribution in [0.2, 0.25) is 13.1 Å². The monoisotopic (exact) mass is 422 g/mol. The van der Waals surface area contributed by atoms with E-state index < -0.39 is 27.4 Å². The lowest BCUT2D eigenvalue weighted by Crippen LogP contribution is -2.24. The van der Waals surface area contributed by atoms with E-state index in [1.807, 2.05) is 0 Å². The molecule has 0 aliphatic heterocycles. The number of methoxy groups -OCH3 is 1. The van der Waals surface area contributed by atoms with Crippen LogP contribution in [0.3, 0.4) is 0 Å². The Kier molecular flexibility index (Phi) is 8.99. The summed E-state index contributed by atoms with van der Waals surface area (Å²) in [6.45, 7) is 10.5. The molecule has 0 N–H and O–H groups in total. The molecule has 0 aromatic rings. The molecule has 0 spiro atoms. The first-order valence-corrected chi connectivity index (χ1v) is 13.2. The number of Topliss-reactive ketones (excluding diaryl/α,β-unsaturated/α-hetero) is 1. The number of carbonyl (C=O) groups is 2. The lowest BCUT2D eigenvalue weighted by atomic mass is 9.79. The molecule has 0 fully saturated rings. The van der Waals surface area contributed by atoms with Crippen molar-refractivity contribution in [3.05, 3.63) is 10.7 Å². The number of thioether (sulfide) groups is 1. The number of alkyl halides is 2. The quantitative estimate of drug-likeness (QED) is 0.284. The zero-order valence-electron chi connectivity index (χ0n) is 17.2. The van der Waals surface area contributed by atoms with Crippen molar-refractivity contribution in [1.29, 1.82) is 0 Å². The predicted octanol–water partition coefficient (Wildman–Crippen LogP) is 4.94. The molecule has 1 rings (SSSR count). The van der Waals surface area contributed by atoms with Gasteiger partial charge in [0, 0.05) is 18.8 Å². The summed E-state index contributed by atoms with van der Waals surface area (Å²) in [5.41, 5.74) is -0.0630. The second-order valence-corrected chi connectivity index (χ2v) is 11.8. The van der Waals surface area contributed by atoms with E-state index in [1.165, 1.54) is 11.8 Å². The highest BCUT2D eigenvalue weighted by molar-refractivity contribution is 8.04. The minimum Gasteiger partial charge on any atom is -0.549 e. The molecule has 4 nitrogen and oxygen atoms in total. The van der Waals surface area contributed by atoms with E-state index in [0.29, 0.717) is 23.5 Å². The number of hydrogen-bond acceptors (Lipinski definition) is 5. The van der Waals surface area contributed by atoms with E-state index in [1.54, 1.807) is 0 Å². The molecular weight excluding hydrogens is 390 g/mol. The molecule has 0 aromatic heterocycles. The molecule has 1 aliphatic carbocycles. The number of esters is 1. The fourth-order valence-corrected chi connectivity index (χ4v) is 4.94. The summed E-state index contributed by atoms with van der Waals surface area (Å²) in [6, 6.07) is 0. The van der Waals surface area contributed by atoms with Crippen LogP contribution < -0.4 is 0 Å². The van der Waals surface area contributed by atoms with Crippen molar-refractivity contribution in [1.82, 2.24) is 0 Å². The van der Waals surface area contributed by atoms with Crippen molar-refractivity contribution in [2.75, 3.05) is 12.9 Å². The molecule has 8 heteroatoms. The smallest absolute Gasteiger partial charge is 0.311 e. The molecule has 0 saturated carbocycles. The highest BCUT2D eigenvalue weighted by atomic mass is 32.2. The highest BCUT2D eigenvalue weighted by Gasteiger charge is 2.41. The van der Waals surface area contributed by atoms with Gasteiger partial charge < -0.3 is 9.16 Å². The van der Waals surface area contributed by atoms with E-state index in [4.69, 9.17) is 4.43 Å². The van der Waals surface area contributed by atoms with E-state index >= 15 is 0 Å². The Morgan fingerprint density at radius 1 is 1.26 bits per heavy atom. The number of rotatable bonds is 10. The second kappa shape index (κ2) is 10.0. The predicted molar refractivity (Wildman–Crippen MR) is 107 cm³/mol. The number of unbranched alkanes of at least 4 members (excludes halogenated alkanes) is 1. The summed E-state index contributed by atoms with van der Waals surface area (Å²) < 4.78 is 37.7. The van der Waals surface area contributed by atoms with Gasteiger partial charge in [0.15, 0.2) is 5.78 Å². The second-order valence-electron chi connectivity index (χ2n) is 8.32. The van der Waals surface area contributed by atoms with Gasteiger partial charge in [0.1, 0.15) is 12.2 Å². The summed E-state index contributed by atoms with van der Waals surface area (Å²) in [4.78, 5) is 24.2. The molecule has 0 radical (unpaired) electrons. The van der Waals surface area contributed by atoms with Crippen molar-refractivity contribution in [2.24, 2.45) is 11.3 Å². The third-order valence-corrected chi connectivity index (χ3v) is 6.34. The van der Waals surface area contributed by atoms with Gasteiger partial charge in [0.05, 0.1) is 12.0 Å². The largest absolute Gasteiger partial charge is 0.549 e. The molecule has 0 saturated heterocycles. The Hall–Kier alpha value is -0.893. The fraction of sp³-hybridized carbons (Fsp3) is 0.789. The Morgan fingerprint density at radius 2 is 1.89 bits per heavy atom. The molecule has 0 bridgehead atoms. The maximum absolute atomic E-state index is 13.7. The third-order valence-electron chi connectivity index (χ3n) is 4.41. The standard InChI is InChI=1S/C19H32F2O4SSi/c1-18(2,3)13-11-14(22)17(16(13)25-27(5)6)26-10-8-7-9-19(20,21)12-15(23)24-4/h13,27H,7-12H2,1-6H3. The normalized spacial score (nSPS) is 18.4. The summed E-state index contributed by atoms with van der Waals surface area (Å²) >= 11 is 1.42. The number of allylic oxidation sites excluding steroid dienone is 2. The molecule has 1 aliphatic rings. The number of carbonyl (C=O) groups excluding carboxylic acids is 2. The van der Waals surface area contributed by atoms with Crippen molar-refractivity contribution in [2.45, 2.75) is 71.9 Å². The van der Waals surface area contributed by atoms with Gasteiger partial charge in [-0.3, -0.25) is 9.59 Å². The van der Waals surface area contributed by atoms with Gasteiger partial charge >= 0.3 is 5.97 Å². The van der Waals surface area contributed by atoms with Crippen molar-refractivity contribution in [3.8, 4) is 0 Å². The first-order valence-electron chi connectivity index (χ1n) is 9.39. The van der Waals surface area contributed by atoms with Crippen LogP contribution in [-0.2, 0) is 18.8 Å². The number of hydrogen-bond donors (Lipinski definition) is 0. The van der Waals surface area contributed by atoms with Crippen LogP contribution in [0.4, 0.5) is 8.78 Å². The summed E-state index contributed by atoms with van der Waals surface area (Å²) in [7, 11) is -0.250. The minimum absolute atomic E-state index is 0.0630. The minimum atomic E-state index is -3.05. The maximum Gasteiger partial charge on any atom is 0.311 e. The first kappa shape index (κ1) is 24.1. The zero-order valence-corrected chi connectivity index (χ0v) is 19.2. The first-order chi connectivity index (χ1) is 12.4. The highest BCUT2D eigenvalue weighted by Crippen LogP contribution is 2.45. The van der Waals surface area contributed by atoms with Crippen LogP contribution in [0.25, 0.3) is 0 Å². The van der Waals surface area contributed by atoms with Crippen LogP contribution in [0.1, 0.15) is 52.9 Å². The number of ketones is 1. The molecular formula is C19H32F2O4SSi. The van der Waals surface area contributed by atoms with Gasteiger partial charge in [-0.15, -0.1) is 11.8 Å². The molecule has 156 valence electrons. The maximum atomic E-state index is 13.7. The third kappa shape index (κ3) is 7.93. The summed E-state index contributed by atoms with van der Waals surface area (Å²) in [6.07, 6.45) is 0.0492. The lowest BCUT2D eigenvalue weighted by molar-refractivity contribution is -0.149. The SMILES string of the molecule is COC(=O)CC(F)(F)CCCCSC1=C(O[SiH](C)C)C(C(C)(C)C)CC1=O. The molecule has 27 heavy (non-hydrogen) atoms. The molecule has 0 heterocycles. The number of halogens is 2. The van der Waals surface area contributed by atoms with Gasteiger partial charge in [-0.05, 0) is 37.1 Å². The average Bonchev–Trinajstić information content (AvgIpc) is 2.82. The number of ether oxygens (including phenoxy) is 1. The molecule has 0 aromatic carbocycles.